The summed E-state index contributed by atoms with van der Waals surface area (Å²) in [5.74, 6) is -0.152. The topological polar surface area (TPSA) is 66.9 Å². The Labute approximate surface area is 104 Å². The number of hydrogen-bond donors (Lipinski definition) is 2. The molecule has 0 spiro atoms. The number of nitrogens with zero attached hydrogens (tertiary/aromatic N) is 2. The molecule has 1 aromatic heterocycles. The minimum absolute atomic E-state index is 0.152. The Kier molecular flexibility index (Phi) is 2.64. The van der Waals surface area contributed by atoms with Crippen LogP contribution in [0.3, 0.4) is 0 Å². The van der Waals surface area contributed by atoms with Gasteiger partial charge in [0.25, 0.3) is 5.91 Å². The molecule has 90 valence electrons. The van der Waals surface area contributed by atoms with Crippen LogP contribution in [0.25, 0.3) is 0 Å². The molecule has 1 aliphatic rings. The molecule has 3 rings (SSSR count). The molecule has 0 fully saturated rings. The van der Waals surface area contributed by atoms with Crippen LogP contribution in [0.1, 0.15) is 15.9 Å². The van der Waals surface area contributed by atoms with Gasteiger partial charge < -0.3 is 10.6 Å². The van der Waals surface area contributed by atoms with Gasteiger partial charge in [-0.25, -0.2) is 9.97 Å². The molecule has 0 unspecified atom stereocenters. The molecule has 2 heterocycles. The van der Waals surface area contributed by atoms with Gasteiger partial charge in [0, 0.05) is 17.8 Å². The van der Waals surface area contributed by atoms with E-state index in [2.05, 4.69) is 20.6 Å². The molecule has 2 aromatic rings. The van der Waals surface area contributed by atoms with Crippen molar-refractivity contribution in [1.82, 2.24) is 9.97 Å². The molecule has 5 nitrogen and oxygen atoms in total. The molecule has 0 saturated carbocycles. The summed E-state index contributed by atoms with van der Waals surface area (Å²) in [5, 5.41) is 6.01. The highest BCUT2D eigenvalue weighted by atomic mass is 16.1. The summed E-state index contributed by atoms with van der Waals surface area (Å²) in [7, 11) is 0. The number of rotatable bonds is 2. The first-order chi connectivity index (χ1) is 8.83. The zero-order valence-corrected chi connectivity index (χ0v) is 9.68. The zero-order chi connectivity index (χ0) is 12.4. The first kappa shape index (κ1) is 10.7. The second-order valence-electron chi connectivity index (χ2n) is 4.13. The monoisotopic (exact) mass is 240 g/mol. The third kappa shape index (κ3) is 2.02. The normalized spacial score (nSPS) is 12.7. The lowest BCUT2D eigenvalue weighted by Crippen LogP contribution is -2.12. The van der Waals surface area contributed by atoms with Gasteiger partial charge in [0.2, 0.25) is 0 Å². The van der Waals surface area contributed by atoms with Crippen molar-refractivity contribution >= 4 is 17.3 Å². The standard InChI is InChI=1S/C13H12N4O/c18-13(17-11-6-14-8-15-7-11)10-2-1-9-3-4-16-12(9)5-10/h1-2,5-8,16H,3-4H2,(H,17,18). The molecule has 0 saturated heterocycles. The van der Waals surface area contributed by atoms with Gasteiger partial charge in [0.05, 0.1) is 18.1 Å². The number of carbonyl (C=O) groups is 1. The van der Waals surface area contributed by atoms with E-state index in [-0.39, 0.29) is 5.91 Å². The second kappa shape index (κ2) is 4.44. The number of fused-ring (bicyclic) bond motifs is 1. The van der Waals surface area contributed by atoms with Crippen molar-refractivity contribution in [2.24, 2.45) is 0 Å². The highest BCUT2D eigenvalue weighted by Crippen LogP contribution is 2.23. The SMILES string of the molecule is O=C(Nc1cncnc1)c1ccc2c(c1)NCC2. The van der Waals surface area contributed by atoms with Crippen molar-refractivity contribution in [1.29, 1.82) is 0 Å². The molecular formula is C13H12N4O. The number of anilines is 2. The average molecular weight is 240 g/mol. The third-order valence-electron chi connectivity index (χ3n) is 2.90. The van der Waals surface area contributed by atoms with Crippen LogP contribution in [0.2, 0.25) is 0 Å². The van der Waals surface area contributed by atoms with Gasteiger partial charge in [-0.2, -0.15) is 0 Å². The van der Waals surface area contributed by atoms with Crippen LogP contribution in [0, 0.1) is 0 Å². The maximum atomic E-state index is 12.0. The van der Waals surface area contributed by atoms with E-state index in [0.717, 1.165) is 18.7 Å². The zero-order valence-electron chi connectivity index (χ0n) is 9.68. The van der Waals surface area contributed by atoms with Crippen LogP contribution in [0.15, 0.2) is 36.9 Å². The first-order valence-electron chi connectivity index (χ1n) is 5.76. The van der Waals surface area contributed by atoms with E-state index in [1.54, 1.807) is 12.4 Å². The Morgan fingerprint density at radius 3 is 2.94 bits per heavy atom. The van der Waals surface area contributed by atoms with Gasteiger partial charge in [-0.05, 0) is 24.1 Å². The number of carbonyl (C=O) groups excluding carboxylic acids is 1. The number of hydrogen-bond acceptors (Lipinski definition) is 4. The molecule has 0 bridgehead atoms. The minimum atomic E-state index is -0.152. The fourth-order valence-corrected chi connectivity index (χ4v) is 2.00. The molecule has 0 radical (unpaired) electrons. The molecule has 0 atom stereocenters. The minimum Gasteiger partial charge on any atom is -0.384 e. The summed E-state index contributed by atoms with van der Waals surface area (Å²) in [4.78, 5) is 19.7. The average Bonchev–Trinajstić information content (AvgIpc) is 2.87. The van der Waals surface area contributed by atoms with E-state index < -0.39 is 0 Å². The molecule has 18 heavy (non-hydrogen) atoms. The maximum Gasteiger partial charge on any atom is 0.255 e. The smallest absolute Gasteiger partial charge is 0.255 e. The van der Waals surface area contributed by atoms with Gasteiger partial charge in [0.15, 0.2) is 0 Å². The van der Waals surface area contributed by atoms with E-state index in [1.165, 1.54) is 11.9 Å². The van der Waals surface area contributed by atoms with Gasteiger partial charge in [0.1, 0.15) is 6.33 Å². The van der Waals surface area contributed by atoms with Crippen LogP contribution < -0.4 is 10.6 Å². The van der Waals surface area contributed by atoms with Crippen LogP contribution >= 0.6 is 0 Å². The first-order valence-corrected chi connectivity index (χ1v) is 5.76. The number of nitrogens with one attached hydrogen (secondary N) is 2. The molecular weight excluding hydrogens is 228 g/mol. The van der Waals surface area contributed by atoms with Crippen molar-refractivity contribution in [3.8, 4) is 0 Å². The summed E-state index contributed by atoms with van der Waals surface area (Å²) in [6.07, 6.45) is 5.58. The van der Waals surface area contributed by atoms with Crippen molar-refractivity contribution in [3.63, 3.8) is 0 Å². The molecule has 5 heteroatoms. The van der Waals surface area contributed by atoms with Crippen LogP contribution in [-0.2, 0) is 6.42 Å². The van der Waals surface area contributed by atoms with Crippen LogP contribution in [0.5, 0.6) is 0 Å². The molecule has 1 aliphatic heterocycles. The fraction of sp³-hybridized carbons (Fsp3) is 0.154. The van der Waals surface area contributed by atoms with E-state index in [9.17, 15) is 4.79 Å². The lowest BCUT2D eigenvalue weighted by molar-refractivity contribution is 0.102. The van der Waals surface area contributed by atoms with Gasteiger partial charge >= 0.3 is 0 Å². The Morgan fingerprint density at radius 1 is 1.28 bits per heavy atom. The van der Waals surface area contributed by atoms with E-state index in [4.69, 9.17) is 0 Å². The molecule has 1 aromatic carbocycles. The van der Waals surface area contributed by atoms with Crippen LogP contribution in [0.4, 0.5) is 11.4 Å². The lowest BCUT2D eigenvalue weighted by atomic mass is 10.1. The van der Waals surface area contributed by atoms with Crippen LogP contribution in [-0.4, -0.2) is 22.4 Å². The highest BCUT2D eigenvalue weighted by Gasteiger charge is 2.13. The summed E-state index contributed by atoms with van der Waals surface area (Å²) in [5.41, 5.74) is 3.53. The van der Waals surface area contributed by atoms with Gasteiger partial charge in [-0.3, -0.25) is 4.79 Å². The highest BCUT2D eigenvalue weighted by molar-refractivity contribution is 6.04. The van der Waals surface area contributed by atoms with Gasteiger partial charge in [-0.15, -0.1) is 0 Å². The summed E-state index contributed by atoms with van der Waals surface area (Å²) >= 11 is 0. The summed E-state index contributed by atoms with van der Waals surface area (Å²) < 4.78 is 0. The Bertz CT molecular complexity index is 583. The Balaban J connectivity index is 1.81. The van der Waals surface area contributed by atoms with Crippen molar-refractivity contribution in [3.05, 3.63) is 48.0 Å². The number of benzene rings is 1. The number of aromatic nitrogens is 2. The Hall–Kier alpha value is -2.43. The van der Waals surface area contributed by atoms with Crippen molar-refractivity contribution in [2.45, 2.75) is 6.42 Å². The maximum absolute atomic E-state index is 12.0. The quantitative estimate of drug-likeness (QED) is 0.838. The largest absolute Gasteiger partial charge is 0.384 e. The Morgan fingerprint density at radius 2 is 2.11 bits per heavy atom. The number of amides is 1. The summed E-state index contributed by atoms with van der Waals surface area (Å²) in [6, 6.07) is 5.71. The predicted octanol–water partition coefficient (Wildman–Crippen LogP) is 1.70. The van der Waals surface area contributed by atoms with Gasteiger partial charge in [-0.1, -0.05) is 6.07 Å². The van der Waals surface area contributed by atoms with Crippen molar-refractivity contribution in [2.75, 3.05) is 17.2 Å². The van der Waals surface area contributed by atoms with E-state index in [0.29, 0.717) is 11.3 Å². The predicted molar refractivity (Wildman–Crippen MR) is 68.6 cm³/mol. The summed E-state index contributed by atoms with van der Waals surface area (Å²) in [6.45, 7) is 0.937. The molecule has 1 amide bonds. The third-order valence-corrected chi connectivity index (χ3v) is 2.90. The second-order valence-corrected chi connectivity index (χ2v) is 4.13. The van der Waals surface area contributed by atoms with E-state index in [1.807, 2.05) is 18.2 Å². The van der Waals surface area contributed by atoms with E-state index >= 15 is 0 Å². The molecule has 2 N–H and O–H groups in total. The molecule has 0 aliphatic carbocycles. The fourth-order valence-electron chi connectivity index (χ4n) is 2.00. The van der Waals surface area contributed by atoms with Crippen molar-refractivity contribution < 1.29 is 4.79 Å². The lowest BCUT2D eigenvalue weighted by Gasteiger charge is -2.06.